The lowest BCUT2D eigenvalue weighted by molar-refractivity contribution is -0.137. The zero-order chi connectivity index (χ0) is 29.6. The Kier molecular flexibility index (Phi) is 7.89. The smallest absolute Gasteiger partial charge is 0.255 e. The van der Waals surface area contributed by atoms with E-state index in [1.165, 1.54) is 16.9 Å². The second-order valence-electron chi connectivity index (χ2n) is 11.7. The fourth-order valence-electron chi connectivity index (χ4n) is 4.76. The van der Waals surface area contributed by atoms with E-state index in [1.54, 1.807) is 35.7 Å². The lowest BCUT2D eigenvalue weighted by Crippen LogP contribution is -2.61. The maximum atomic E-state index is 15.0. The first-order chi connectivity index (χ1) is 19.3. The maximum Gasteiger partial charge on any atom is 0.255 e. The third-order valence-corrected chi connectivity index (χ3v) is 9.01. The largest absolute Gasteiger partial charge is 0.361 e. The Labute approximate surface area is 242 Å². The number of hydrogen-bond acceptors (Lipinski definition) is 7. The van der Waals surface area contributed by atoms with Gasteiger partial charge in [-0.1, -0.05) is 31.2 Å². The summed E-state index contributed by atoms with van der Waals surface area (Å²) in [6, 6.07) is 3.02. The fourth-order valence-corrected chi connectivity index (χ4v) is 5.71. The topological polar surface area (TPSA) is 133 Å². The summed E-state index contributed by atoms with van der Waals surface area (Å²) in [6.45, 7) is 10.1. The number of amides is 2. The molecule has 0 aliphatic carbocycles. The van der Waals surface area contributed by atoms with Gasteiger partial charge in [0.25, 0.3) is 5.91 Å². The summed E-state index contributed by atoms with van der Waals surface area (Å²) in [5.41, 5.74) is 7.78. The molecular weight excluding hydrogens is 567 g/mol. The third-order valence-electron chi connectivity index (χ3n) is 7.09. The molecule has 1 aromatic carbocycles. The molecule has 0 saturated carbocycles. The van der Waals surface area contributed by atoms with Crippen molar-refractivity contribution >= 4 is 53.6 Å². The van der Waals surface area contributed by atoms with Crippen LogP contribution in [0, 0.1) is 5.82 Å². The van der Waals surface area contributed by atoms with Crippen LogP contribution in [-0.2, 0) is 23.3 Å². The van der Waals surface area contributed by atoms with Crippen molar-refractivity contribution < 1.29 is 18.7 Å². The van der Waals surface area contributed by atoms with E-state index in [1.807, 2.05) is 0 Å². The number of aryl methyl sites for hydroxylation is 1. The average Bonchev–Trinajstić information content (AvgIpc) is 3.41. The van der Waals surface area contributed by atoms with E-state index in [2.05, 4.69) is 35.0 Å². The lowest BCUT2D eigenvalue weighted by atomic mass is 10.1. The summed E-state index contributed by atoms with van der Waals surface area (Å²) < 4.78 is 24.2. The molecule has 218 valence electrons. The Balaban J connectivity index is 1.51. The van der Waals surface area contributed by atoms with Gasteiger partial charge in [0.15, 0.2) is 5.65 Å². The van der Waals surface area contributed by atoms with E-state index in [0.29, 0.717) is 30.9 Å². The molecule has 1 aliphatic heterocycles. The SMILES string of the molecule is C[C@@H](NC(=O)c1cn(COCC[Si](C)(C)C)c2ncc(-c3nn(C)c4cc(Cl)cc(F)c34)nc12)C(=O)N1CC(N)C1. The van der Waals surface area contributed by atoms with Crippen molar-refractivity contribution in [3.63, 3.8) is 0 Å². The van der Waals surface area contributed by atoms with Gasteiger partial charge in [0.1, 0.15) is 35.5 Å². The minimum absolute atomic E-state index is 0.0435. The highest BCUT2D eigenvalue weighted by Crippen LogP contribution is 2.32. The summed E-state index contributed by atoms with van der Waals surface area (Å²) in [6.07, 6.45) is 3.11. The summed E-state index contributed by atoms with van der Waals surface area (Å²) in [4.78, 5) is 37.1. The number of nitrogens with one attached hydrogen (secondary N) is 1. The van der Waals surface area contributed by atoms with Crippen LogP contribution in [0.1, 0.15) is 17.3 Å². The summed E-state index contributed by atoms with van der Waals surface area (Å²) in [5, 5.41) is 7.75. The molecule has 1 atom stereocenters. The predicted molar refractivity (Wildman–Crippen MR) is 158 cm³/mol. The molecule has 14 heteroatoms. The van der Waals surface area contributed by atoms with Gasteiger partial charge in [-0.2, -0.15) is 5.10 Å². The van der Waals surface area contributed by atoms with E-state index in [-0.39, 0.29) is 51.6 Å². The molecule has 0 bridgehead atoms. The van der Waals surface area contributed by atoms with Crippen molar-refractivity contribution in [1.82, 2.24) is 34.5 Å². The number of carbonyl (C=O) groups is 2. The molecular formula is C27H34ClFN8O3Si. The molecule has 0 radical (unpaired) electrons. The first kappa shape index (κ1) is 29.1. The van der Waals surface area contributed by atoms with E-state index in [9.17, 15) is 9.59 Å². The van der Waals surface area contributed by atoms with Crippen LogP contribution in [0.25, 0.3) is 33.5 Å². The molecule has 11 nitrogen and oxygen atoms in total. The first-order valence-electron chi connectivity index (χ1n) is 13.4. The molecule has 0 spiro atoms. The Morgan fingerprint density at radius 2 is 2.02 bits per heavy atom. The van der Waals surface area contributed by atoms with Gasteiger partial charge in [-0.25, -0.2) is 14.4 Å². The molecule has 3 aromatic heterocycles. The Bertz CT molecular complexity index is 1640. The van der Waals surface area contributed by atoms with Crippen molar-refractivity contribution in [2.75, 3.05) is 19.7 Å². The molecule has 1 saturated heterocycles. The number of benzene rings is 1. The van der Waals surface area contributed by atoms with Crippen LogP contribution in [0.2, 0.25) is 30.7 Å². The van der Waals surface area contributed by atoms with Gasteiger partial charge >= 0.3 is 0 Å². The first-order valence-corrected chi connectivity index (χ1v) is 17.5. The number of aromatic nitrogens is 5. The standard InChI is InChI=1S/C27H34ClFN8O3Si/c1-15(27(39)36-11-17(30)12-36)32-26(38)18-13-37(14-40-6-7-41(3,4)5)25-23(18)33-20(10-31-25)24-22-19(29)8-16(28)9-21(22)35(2)34-24/h8-10,13,15,17H,6-7,11-12,14,30H2,1-5H3,(H,32,38)/t15-/m1/s1. The zero-order valence-corrected chi connectivity index (χ0v) is 25.5. The number of carbonyl (C=O) groups excluding carboxylic acids is 2. The number of nitrogens with two attached hydrogens (primary N) is 1. The van der Waals surface area contributed by atoms with Crippen LogP contribution in [0.5, 0.6) is 0 Å². The second kappa shape index (κ2) is 11.1. The quantitative estimate of drug-likeness (QED) is 0.222. The van der Waals surface area contributed by atoms with Crippen molar-refractivity contribution in [1.29, 1.82) is 0 Å². The normalized spacial score (nSPS) is 15.0. The number of rotatable bonds is 9. The van der Waals surface area contributed by atoms with Crippen LogP contribution < -0.4 is 11.1 Å². The van der Waals surface area contributed by atoms with Crippen LogP contribution in [0.4, 0.5) is 4.39 Å². The van der Waals surface area contributed by atoms with Crippen molar-refractivity contribution in [3.05, 3.63) is 40.9 Å². The summed E-state index contributed by atoms with van der Waals surface area (Å²) in [5.74, 6) is -1.24. The molecule has 2 amide bonds. The number of likely N-dealkylation sites (tertiary alicyclic amines) is 1. The van der Waals surface area contributed by atoms with E-state index < -0.39 is 25.8 Å². The number of ether oxygens (including phenoxy) is 1. The average molecular weight is 601 g/mol. The van der Waals surface area contributed by atoms with E-state index >= 15 is 4.39 Å². The molecule has 1 aliphatic rings. The van der Waals surface area contributed by atoms with Gasteiger partial charge in [0, 0.05) is 52.1 Å². The third kappa shape index (κ3) is 5.98. The van der Waals surface area contributed by atoms with Crippen LogP contribution in [-0.4, -0.2) is 80.9 Å². The van der Waals surface area contributed by atoms with Gasteiger partial charge in [-0.3, -0.25) is 14.3 Å². The van der Waals surface area contributed by atoms with E-state index in [4.69, 9.17) is 27.1 Å². The van der Waals surface area contributed by atoms with Crippen LogP contribution >= 0.6 is 11.6 Å². The molecule has 41 heavy (non-hydrogen) atoms. The van der Waals surface area contributed by atoms with Gasteiger partial charge in [0.2, 0.25) is 5.91 Å². The lowest BCUT2D eigenvalue weighted by Gasteiger charge is -2.38. The van der Waals surface area contributed by atoms with Gasteiger partial charge in [0.05, 0.1) is 22.7 Å². The maximum absolute atomic E-state index is 15.0. The fraction of sp³-hybridized carbons (Fsp3) is 0.444. The van der Waals surface area contributed by atoms with Crippen molar-refractivity contribution in [2.24, 2.45) is 12.8 Å². The molecule has 3 N–H and O–H groups in total. The van der Waals surface area contributed by atoms with Crippen LogP contribution in [0.3, 0.4) is 0 Å². The number of fused-ring (bicyclic) bond motifs is 2. The minimum atomic E-state index is -1.29. The van der Waals surface area contributed by atoms with Gasteiger partial charge < -0.3 is 25.3 Å². The summed E-state index contributed by atoms with van der Waals surface area (Å²) >= 11 is 6.07. The van der Waals surface area contributed by atoms with Gasteiger partial charge in [-0.15, -0.1) is 0 Å². The highest BCUT2D eigenvalue weighted by atomic mass is 35.5. The zero-order valence-electron chi connectivity index (χ0n) is 23.7. The predicted octanol–water partition coefficient (Wildman–Crippen LogP) is 3.38. The Hall–Kier alpha value is -3.39. The number of hydrogen-bond donors (Lipinski definition) is 2. The molecule has 5 rings (SSSR count). The van der Waals surface area contributed by atoms with Crippen molar-refractivity contribution in [2.45, 2.75) is 51.4 Å². The van der Waals surface area contributed by atoms with Crippen molar-refractivity contribution in [3.8, 4) is 11.4 Å². The highest BCUT2D eigenvalue weighted by molar-refractivity contribution is 6.76. The monoisotopic (exact) mass is 600 g/mol. The minimum Gasteiger partial charge on any atom is -0.361 e. The number of halogens is 2. The number of nitrogens with zero attached hydrogens (tertiary/aromatic N) is 6. The Morgan fingerprint density at radius 3 is 2.71 bits per heavy atom. The Morgan fingerprint density at radius 1 is 1.29 bits per heavy atom. The molecule has 4 aromatic rings. The van der Waals surface area contributed by atoms with E-state index in [0.717, 1.165) is 6.04 Å². The molecule has 0 unspecified atom stereocenters. The highest BCUT2D eigenvalue weighted by Gasteiger charge is 2.32. The van der Waals surface area contributed by atoms with Gasteiger partial charge in [-0.05, 0) is 25.1 Å². The second-order valence-corrected chi connectivity index (χ2v) is 17.8. The molecule has 1 fully saturated rings. The molecule has 4 heterocycles. The summed E-state index contributed by atoms with van der Waals surface area (Å²) in [7, 11) is 0.390. The van der Waals surface area contributed by atoms with Crippen LogP contribution in [0.15, 0.2) is 24.5 Å².